The van der Waals surface area contributed by atoms with Gasteiger partial charge in [0.05, 0.1) is 6.61 Å². The predicted molar refractivity (Wildman–Crippen MR) is 78.5 cm³/mol. The van der Waals surface area contributed by atoms with Crippen LogP contribution in [0.3, 0.4) is 0 Å². The molecule has 1 aliphatic heterocycles. The van der Waals surface area contributed by atoms with Gasteiger partial charge in [0, 0.05) is 17.5 Å². The quantitative estimate of drug-likeness (QED) is 0.429. The molecular formula is C15H16O9. The molecule has 1 aliphatic rings. The second kappa shape index (κ2) is 6.38. The minimum absolute atomic E-state index is 0.139. The van der Waals surface area contributed by atoms with Crippen LogP contribution in [0.4, 0.5) is 0 Å². The zero-order valence-electron chi connectivity index (χ0n) is 12.3. The molecule has 0 radical (unpaired) electrons. The molecular weight excluding hydrogens is 324 g/mol. The standard InChI is InChI=1S/C15H16O9/c16-5-10-12(19)13(20)14(21)15(24-10)23-9-4-8-6(3-7(9)17)1-2-11(18)22-8/h1-4,10,12-17,19-21H,5H2/t10-,12+,13+,14-,15-/m1/s1. The number of rotatable bonds is 3. The zero-order chi connectivity index (χ0) is 17.4. The Balaban J connectivity index is 1.90. The molecule has 9 nitrogen and oxygen atoms in total. The number of hydrogen-bond donors (Lipinski definition) is 5. The maximum Gasteiger partial charge on any atom is 0.336 e. The summed E-state index contributed by atoms with van der Waals surface area (Å²) in [5, 5.41) is 49.0. The van der Waals surface area contributed by atoms with Gasteiger partial charge in [-0.3, -0.25) is 0 Å². The molecule has 0 amide bonds. The number of aliphatic hydroxyl groups is 4. The first-order chi connectivity index (χ1) is 11.4. The van der Waals surface area contributed by atoms with Crippen LogP contribution >= 0.6 is 0 Å². The van der Waals surface area contributed by atoms with E-state index in [1.807, 2.05) is 0 Å². The minimum Gasteiger partial charge on any atom is -0.504 e. The van der Waals surface area contributed by atoms with Crippen LogP contribution in [0, 0.1) is 0 Å². The van der Waals surface area contributed by atoms with Crippen molar-refractivity contribution in [1.82, 2.24) is 0 Å². The lowest BCUT2D eigenvalue weighted by Crippen LogP contribution is -2.60. The number of hydrogen-bond acceptors (Lipinski definition) is 9. The average Bonchev–Trinajstić information content (AvgIpc) is 2.56. The average molecular weight is 340 g/mol. The van der Waals surface area contributed by atoms with Gasteiger partial charge in [-0.05, 0) is 12.1 Å². The highest BCUT2D eigenvalue weighted by Gasteiger charge is 2.44. The van der Waals surface area contributed by atoms with Gasteiger partial charge in [-0.1, -0.05) is 0 Å². The van der Waals surface area contributed by atoms with E-state index in [-0.39, 0.29) is 17.1 Å². The first kappa shape index (κ1) is 16.7. The second-order valence-electron chi connectivity index (χ2n) is 5.43. The maximum atomic E-state index is 11.3. The van der Waals surface area contributed by atoms with Gasteiger partial charge in [0.15, 0.2) is 11.5 Å². The molecule has 1 fully saturated rings. The van der Waals surface area contributed by atoms with E-state index in [2.05, 4.69) is 0 Å². The van der Waals surface area contributed by atoms with Crippen LogP contribution < -0.4 is 10.4 Å². The lowest BCUT2D eigenvalue weighted by Gasteiger charge is -2.39. The lowest BCUT2D eigenvalue weighted by molar-refractivity contribution is -0.277. The fraction of sp³-hybridized carbons (Fsp3) is 0.400. The van der Waals surface area contributed by atoms with Crippen LogP contribution in [0.15, 0.2) is 33.5 Å². The summed E-state index contributed by atoms with van der Waals surface area (Å²) in [5.41, 5.74) is -0.452. The van der Waals surface area contributed by atoms with E-state index in [1.54, 1.807) is 0 Å². The topological polar surface area (TPSA) is 150 Å². The third kappa shape index (κ3) is 2.95. The number of phenolic OH excluding ortho intramolecular Hbond substituents is 1. The monoisotopic (exact) mass is 340 g/mol. The largest absolute Gasteiger partial charge is 0.504 e. The normalized spacial score (nSPS) is 30.4. The summed E-state index contributed by atoms with van der Waals surface area (Å²) in [6.45, 7) is -0.608. The summed E-state index contributed by atoms with van der Waals surface area (Å²) in [4.78, 5) is 11.3. The highest BCUT2D eigenvalue weighted by Crippen LogP contribution is 2.33. The number of aliphatic hydroxyl groups excluding tert-OH is 4. The molecule has 0 spiro atoms. The lowest BCUT2D eigenvalue weighted by atomic mass is 9.99. The van der Waals surface area contributed by atoms with Crippen molar-refractivity contribution in [3.05, 3.63) is 34.7 Å². The molecule has 0 aliphatic carbocycles. The van der Waals surface area contributed by atoms with Gasteiger partial charge in [0.25, 0.3) is 0 Å². The van der Waals surface area contributed by atoms with Crippen molar-refractivity contribution in [1.29, 1.82) is 0 Å². The molecule has 0 unspecified atom stereocenters. The van der Waals surface area contributed by atoms with E-state index in [0.29, 0.717) is 5.39 Å². The van der Waals surface area contributed by atoms with Gasteiger partial charge in [-0.2, -0.15) is 0 Å². The summed E-state index contributed by atoms with van der Waals surface area (Å²) >= 11 is 0. The third-order valence-corrected chi connectivity index (χ3v) is 3.79. The fourth-order valence-electron chi connectivity index (χ4n) is 2.47. The summed E-state index contributed by atoms with van der Waals surface area (Å²) in [7, 11) is 0. The third-order valence-electron chi connectivity index (χ3n) is 3.79. The maximum absolute atomic E-state index is 11.3. The summed E-state index contributed by atoms with van der Waals surface area (Å²) in [5.74, 6) is -0.477. The molecule has 9 heteroatoms. The second-order valence-corrected chi connectivity index (χ2v) is 5.43. The van der Waals surface area contributed by atoms with Crippen LogP contribution in [0.5, 0.6) is 11.5 Å². The van der Waals surface area contributed by atoms with E-state index in [4.69, 9.17) is 19.0 Å². The Morgan fingerprint density at radius 1 is 1.08 bits per heavy atom. The highest BCUT2D eigenvalue weighted by molar-refractivity contribution is 5.80. The van der Waals surface area contributed by atoms with Crippen molar-refractivity contribution >= 4 is 11.0 Å². The molecule has 1 aromatic heterocycles. The Kier molecular flexibility index (Phi) is 4.43. The summed E-state index contributed by atoms with van der Waals surface area (Å²) < 4.78 is 15.5. The van der Waals surface area contributed by atoms with Gasteiger partial charge < -0.3 is 39.4 Å². The molecule has 2 aromatic rings. The van der Waals surface area contributed by atoms with Crippen LogP contribution in [-0.2, 0) is 4.74 Å². The number of fused-ring (bicyclic) bond motifs is 1. The Labute approximate surface area is 134 Å². The van der Waals surface area contributed by atoms with E-state index in [0.717, 1.165) is 0 Å². The molecule has 1 aromatic carbocycles. The Morgan fingerprint density at radius 2 is 1.83 bits per heavy atom. The van der Waals surface area contributed by atoms with Crippen molar-refractivity contribution in [2.45, 2.75) is 30.7 Å². The van der Waals surface area contributed by atoms with Crippen LogP contribution in [0.25, 0.3) is 11.0 Å². The van der Waals surface area contributed by atoms with Gasteiger partial charge in [-0.15, -0.1) is 0 Å². The summed E-state index contributed by atoms with van der Waals surface area (Å²) in [6, 6.07) is 5.17. The van der Waals surface area contributed by atoms with Crippen molar-refractivity contribution in [2.24, 2.45) is 0 Å². The molecule has 5 atom stereocenters. The minimum atomic E-state index is -1.62. The van der Waals surface area contributed by atoms with E-state index >= 15 is 0 Å². The SMILES string of the molecule is O=c1ccc2cc(O)c(O[C@@H]3O[C@H](CO)[C@H](O)[C@H](O)[C@H]3O)cc2o1. The fourth-order valence-corrected chi connectivity index (χ4v) is 2.47. The molecule has 2 heterocycles. The van der Waals surface area contributed by atoms with Crippen LogP contribution in [0.2, 0.25) is 0 Å². The molecule has 24 heavy (non-hydrogen) atoms. The first-order valence-corrected chi connectivity index (χ1v) is 7.15. The van der Waals surface area contributed by atoms with E-state index < -0.39 is 42.9 Å². The van der Waals surface area contributed by atoms with Crippen molar-refractivity contribution in [3.63, 3.8) is 0 Å². The molecule has 130 valence electrons. The molecule has 0 saturated carbocycles. The molecule has 0 bridgehead atoms. The molecule has 5 N–H and O–H groups in total. The van der Waals surface area contributed by atoms with Crippen LogP contribution in [0.1, 0.15) is 0 Å². The Hall–Kier alpha value is -2.17. The Bertz CT molecular complexity index is 784. The van der Waals surface area contributed by atoms with Gasteiger partial charge >= 0.3 is 5.63 Å². The smallest absolute Gasteiger partial charge is 0.336 e. The number of aromatic hydroxyl groups is 1. The molecule has 3 rings (SSSR count). The summed E-state index contributed by atoms with van der Waals surface area (Å²) in [6.07, 6.45) is -7.36. The van der Waals surface area contributed by atoms with Crippen molar-refractivity contribution < 1.29 is 39.4 Å². The van der Waals surface area contributed by atoms with E-state index in [1.165, 1.54) is 24.3 Å². The Morgan fingerprint density at radius 3 is 2.54 bits per heavy atom. The number of phenols is 1. The number of ether oxygens (including phenoxy) is 2. The first-order valence-electron chi connectivity index (χ1n) is 7.15. The van der Waals surface area contributed by atoms with Gasteiger partial charge in [0.1, 0.15) is 30.0 Å². The zero-order valence-corrected chi connectivity index (χ0v) is 12.3. The highest BCUT2D eigenvalue weighted by atomic mass is 16.7. The van der Waals surface area contributed by atoms with Crippen LogP contribution in [-0.4, -0.2) is 62.8 Å². The van der Waals surface area contributed by atoms with E-state index in [9.17, 15) is 25.2 Å². The van der Waals surface area contributed by atoms with Crippen molar-refractivity contribution in [2.75, 3.05) is 6.61 Å². The molecule has 1 saturated heterocycles. The number of benzene rings is 1. The van der Waals surface area contributed by atoms with Gasteiger partial charge in [0.2, 0.25) is 6.29 Å². The predicted octanol–water partition coefficient (Wildman–Crippen LogP) is -1.32. The van der Waals surface area contributed by atoms with Gasteiger partial charge in [-0.25, -0.2) is 4.79 Å². The van der Waals surface area contributed by atoms with Crippen molar-refractivity contribution in [3.8, 4) is 11.5 Å².